The van der Waals surface area contributed by atoms with Gasteiger partial charge in [0.2, 0.25) is 5.82 Å². The van der Waals surface area contributed by atoms with Gasteiger partial charge in [-0.1, -0.05) is 17.7 Å². The molecule has 0 spiro atoms. The average molecular weight is 325 g/mol. The van der Waals surface area contributed by atoms with Crippen LogP contribution in [-0.4, -0.2) is 25.7 Å². The Morgan fingerprint density at radius 2 is 2.10 bits per heavy atom. The van der Waals surface area contributed by atoms with E-state index in [1.165, 1.54) is 37.4 Å². The predicted molar refractivity (Wildman–Crippen MR) is 75.6 cm³/mol. The average Bonchev–Trinajstić information content (AvgIpc) is 2.49. The molecule has 21 heavy (non-hydrogen) atoms. The number of aromatic nitrogens is 2. The number of ether oxygens (including phenoxy) is 1. The van der Waals surface area contributed by atoms with E-state index >= 15 is 0 Å². The van der Waals surface area contributed by atoms with Crippen LogP contribution in [0, 0.1) is 11.3 Å². The maximum Gasteiger partial charge on any atom is 0.263 e. The van der Waals surface area contributed by atoms with Gasteiger partial charge in [-0.2, -0.15) is 5.26 Å². The molecule has 1 heterocycles. The summed E-state index contributed by atoms with van der Waals surface area (Å²) < 4.78 is 31.7. The molecule has 0 bridgehead atoms. The molecule has 2 rings (SSSR count). The number of nitrogens with zero attached hydrogens (tertiary/aromatic N) is 3. The third-order valence-electron chi connectivity index (χ3n) is 2.45. The van der Waals surface area contributed by atoms with Gasteiger partial charge in [0.15, 0.2) is 10.9 Å². The first-order valence-electron chi connectivity index (χ1n) is 5.56. The summed E-state index contributed by atoms with van der Waals surface area (Å²) in [4.78, 5) is -0.0691. The van der Waals surface area contributed by atoms with Gasteiger partial charge in [-0.25, -0.2) is 8.42 Å². The van der Waals surface area contributed by atoms with Crippen molar-refractivity contribution in [1.29, 1.82) is 5.26 Å². The van der Waals surface area contributed by atoms with E-state index in [2.05, 4.69) is 14.9 Å². The Labute approximate surface area is 126 Å². The van der Waals surface area contributed by atoms with E-state index in [4.69, 9.17) is 21.6 Å². The van der Waals surface area contributed by atoms with Crippen molar-refractivity contribution < 1.29 is 13.2 Å². The topological polar surface area (TPSA) is 105 Å². The normalized spacial score (nSPS) is 10.7. The van der Waals surface area contributed by atoms with E-state index in [0.29, 0.717) is 0 Å². The highest BCUT2D eigenvalue weighted by atomic mass is 35.5. The van der Waals surface area contributed by atoms with Crippen LogP contribution in [0.4, 0.5) is 5.82 Å². The number of hydrogen-bond donors (Lipinski definition) is 1. The van der Waals surface area contributed by atoms with Crippen molar-refractivity contribution >= 4 is 27.4 Å². The van der Waals surface area contributed by atoms with Crippen LogP contribution in [0.3, 0.4) is 0 Å². The molecule has 1 aromatic heterocycles. The molecular formula is C12H9ClN4O3S. The zero-order valence-electron chi connectivity index (χ0n) is 10.7. The van der Waals surface area contributed by atoms with Gasteiger partial charge in [0, 0.05) is 6.07 Å². The summed E-state index contributed by atoms with van der Waals surface area (Å²) in [6.45, 7) is 0. The van der Waals surface area contributed by atoms with Crippen molar-refractivity contribution in [2.45, 2.75) is 4.90 Å². The number of anilines is 1. The van der Waals surface area contributed by atoms with Crippen molar-refractivity contribution in [3.05, 3.63) is 41.0 Å². The zero-order valence-corrected chi connectivity index (χ0v) is 12.3. The number of sulfonamides is 1. The molecule has 0 saturated heterocycles. The summed E-state index contributed by atoms with van der Waals surface area (Å²) >= 11 is 5.66. The number of rotatable bonds is 4. The second-order valence-corrected chi connectivity index (χ2v) is 5.90. The minimum atomic E-state index is -3.92. The first-order chi connectivity index (χ1) is 9.96. The number of nitriles is 1. The number of hydrogen-bond acceptors (Lipinski definition) is 6. The molecule has 7 nitrogen and oxygen atoms in total. The molecule has 0 aliphatic rings. The highest BCUT2D eigenvalue weighted by Crippen LogP contribution is 2.25. The molecule has 0 aliphatic carbocycles. The van der Waals surface area contributed by atoms with Crippen LogP contribution in [0.15, 0.2) is 35.2 Å². The molecule has 2 aromatic rings. The van der Waals surface area contributed by atoms with Crippen LogP contribution in [-0.2, 0) is 10.0 Å². The predicted octanol–water partition coefficient (Wildman–Crippen LogP) is 1.81. The molecule has 1 N–H and O–H groups in total. The van der Waals surface area contributed by atoms with Gasteiger partial charge in [0.05, 0.1) is 23.6 Å². The Hall–Kier alpha value is -2.37. The van der Waals surface area contributed by atoms with E-state index in [1.54, 1.807) is 0 Å². The van der Waals surface area contributed by atoms with E-state index in [-0.39, 0.29) is 27.2 Å². The largest absolute Gasteiger partial charge is 0.493 e. The van der Waals surface area contributed by atoms with Gasteiger partial charge in [0.1, 0.15) is 0 Å². The minimum Gasteiger partial charge on any atom is -0.493 e. The smallest absolute Gasteiger partial charge is 0.263 e. The Bertz CT molecular complexity index is 817. The lowest BCUT2D eigenvalue weighted by atomic mass is 10.2. The van der Waals surface area contributed by atoms with E-state index in [9.17, 15) is 8.42 Å². The first-order valence-corrected chi connectivity index (χ1v) is 7.42. The van der Waals surface area contributed by atoms with Gasteiger partial charge in [-0.3, -0.25) is 4.72 Å². The van der Waals surface area contributed by atoms with Crippen molar-refractivity contribution in [2.24, 2.45) is 0 Å². The summed E-state index contributed by atoms with van der Waals surface area (Å²) in [6, 6.07) is 8.78. The molecule has 0 fully saturated rings. The lowest BCUT2D eigenvalue weighted by molar-refractivity contribution is 0.414. The molecule has 9 heteroatoms. The third-order valence-corrected chi connectivity index (χ3v) is 3.97. The van der Waals surface area contributed by atoms with Gasteiger partial charge in [0.25, 0.3) is 10.0 Å². The van der Waals surface area contributed by atoms with Crippen molar-refractivity contribution in [3.63, 3.8) is 0 Å². The number of halogens is 1. The minimum absolute atomic E-state index is 0.0691. The van der Waals surface area contributed by atoms with Crippen LogP contribution in [0.5, 0.6) is 5.75 Å². The van der Waals surface area contributed by atoms with Crippen LogP contribution < -0.4 is 9.46 Å². The Kier molecular flexibility index (Phi) is 4.26. The fourth-order valence-electron chi connectivity index (χ4n) is 1.50. The number of benzene rings is 1. The zero-order chi connectivity index (χ0) is 15.5. The maximum absolute atomic E-state index is 12.2. The quantitative estimate of drug-likeness (QED) is 0.919. The first kappa shape index (κ1) is 15.0. The lowest BCUT2D eigenvalue weighted by Gasteiger charge is -2.10. The van der Waals surface area contributed by atoms with Gasteiger partial charge in [-0.05, 0) is 18.2 Å². The number of nitrogens with one attached hydrogen (secondary N) is 1. The molecule has 0 atom stereocenters. The Morgan fingerprint density at radius 1 is 1.33 bits per heavy atom. The molecule has 1 aromatic carbocycles. The summed E-state index contributed by atoms with van der Waals surface area (Å²) in [5.74, 6) is 0.0410. The molecule has 108 valence electrons. The molecule has 0 saturated carbocycles. The van der Waals surface area contributed by atoms with Crippen LogP contribution in [0.25, 0.3) is 0 Å². The summed E-state index contributed by atoms with van der Waals surface area (Å²) in [7, 11) is -2.57. The second-order valence-electron chi connectivity index (χ2n) is 3.83. The highest BCUT2D eigenvalue weighted by Gasteiger charge is 2.18. The summed E-state index contributed by atoms with van der Waals surface area (Å²) in [6.07, 6.45) is 0. The van der Waals surface area contributed by atoms with Gasteiger partial charge >= 0.3 is 0 Å². The third kappa shape index (κ3) is 3.39. The van der Waals surface area contributed by atoms with Gasteiger partial charge in [-0.15, -0.1) is 10.2 Å². The molecule has 0 aliphatic heterocycles. The van der Waals surface area contributed by atoms with E-state index in [0.717, 1.165) is 0 Å². The molecule has 0 amide bonds. The van der Waals surface area contributed by atoms with Crippen LogP contribution >= 0.6 is 11.6 Å². The molecule has 0 unspecified atom stereocenters. The maximum atomic E-state index is 12.2. The lowest BCUT2D eigenvalue weighted by Crippen LogP contribution is -2.15. The second kappa shape index (κ2) is 5.95. The van der Waals surface area contributed by atoms with Gasteiger partial charge < -0.3 is 4.74 Å². The van der Waals surface area contributed by atoms with Crippen LogP contribution in [0.1, 0.15) is 5.56 Å². The van der Waals surface area contributed by atoms with Crippen molar-refractivity contribution in [1.82, 2.24) is 10.2 Å². The number of methoxy groups -OCH3 is 1. The van der Waals surface area contributed by atoms with E-state index in [1.807, 2.05) is 6.07 Å². The summed E-state index contributed by atoms with van der Waals surface area (Å²) in [5, 5.41) is 16.1. The summed E-state index contributed by atoms with van der Waals surface area (Å²) in [5.41, 5.74) is 0.229. The fourth-order valence-corrected chi connectivity index (χ4v) is 2.69. The highest BCUT2D eigenvalue weighted by molar-refractivity contribution is 7.92. The molecular weight excluding hydrogens is 316 g/mol. The van der Waals surface area contributed by atoms with Crippen molar-refractivity contribution in [3.8, 4) is 11.8 Å². The Morgan fingerprint density at radius 3 is 2.76 bits per heavy atom. The van der Waals surface area contributed by atoms with Crippen molar-refractivity contribution in [2.75, 3.05) is 11.8 Å². The SMILES string of the molecule is COc1cc(Cl)nnc1NS(=O)(=O)c1cccc(C#N)c1. The standard InChI is InChI=1S/C12H9ClN4O3S/c1-20-10-6-11(13)15-16-12(10)17-21(18,19)9-4-2-3-8(5-9)7-14/h2-6H,1H3,(H,16,17). The monoisotopic (exact) mass is 324 g/mol. The molecule has 0 radical (unpaired) electrons. The van der Waals surface area contributed by atoms with Crippen LogP contribution in [0.2, 0.25) is 5.15 Å². The van der Waals surface area contributed by atoms with E-state index < -0.39 is 10.0 Å². The Balaban J connectivity index is 2.40. The fraction of sp³-hybridized carbons (Fsp3) is 0.0833.